The molecule has 0 aliphatic carbocycles. The normalized spacial score (nSPS) is 21.3. The largest absolute Gasteiger partial charge is 0.358 e. The molecule has 1 aromatic carbocycles. The van der Waals surface area contributed by atoms with Gasteiger partial charge in [-0.05, 0) is 30.2 Å². The minimum absolute atomic E-state index is 0.0354. The van der Waals surface area contributed by atoms with Gasteiger partial charge in [0.25, 0.3) is 5.91 Å². The van der Waals surface area contributed by atoms with E-state index in [1.165, 1.54) is 0 Å². The van der Waals surface area contributed by atoms with E-state index in [2.05, 4.69) is 20.5 Å². The average Bonchev–Trinajstić information content (AvgIpc) is 2.83. The zero-order valence-electron chi connectivity index (χ0n) is 18.7. The van der Waals surface area contributed by atoms with Crippen molar-refractivity contribution in [1.82, 2.24) is 30.1 Å². The van der Waals surface area contributed by atoms with E-state index in [-0.39, 0.29) is 23.9 Å². The van der Waals surface area contributed by atoms with Gasteiger partial charge in [0.15, 0.2) is 0 Å². The summed E-state index contributed by atoms with van der Waals surface area (Å²) in [6, 6.07) is 10.8. The third-order valence-electron chi connectivity index (χ3n) is 6.25. The topological polar surface area (TPSA) is 103 Å². The molecule has 5 rings (SSSR count). The van der Waals surface area contributed by atoms with Crippen molar-refractivity contribution in [2.45, 2.75) is 32.6 Å². The fraction of sp³-hybridized carbons (Fsp3) is 0.375. The maximum Gasteiger partial charge on any atom is 0.254 e. The SMILES string of the molecule is CC(C)[C@@H]1Nc2nc(nc3ccccc23)CN2CCN(C(=O)c3ccncc3)CC2NC1=O. The lowest BCUT2D eigenvalue weighted by Gasteiger charge is -2.42. The molecule has 2 aliphatic heterocycles. The Labute approximate surface area is 192 Å². The number of nitrogens with one attached hydrogen (secondary N) is 2. The first-order chi connectivity index (χ1) is 16.0. The van der Waals surface area contributed by atoms with Crippen molar-refractivity contribution in [1.29, 1.82) is 0 Å². The smallest absolute Gasteiger partial charge is 0.254 e. The van der Waals surface area contributed by atoms with E-state index in [1.807, 2.05) is 38.1 Å². The Bertz CT molecular complexity index is 1180. The van der Waals surface area contributed by atoms with Gasteiger partial charge < -0.3 is 15.5 Å². The molecule has 33 heavy (non-hydrogen) atoms. The number of anilines is 1. The number of pyridine rings is 1. The highest BCUT2D eigenvalue weighted by Gasteiger charge is 2.35. The lowest BCUT2D eigenvalue weighted by molar-refractivity contribution is -0.125. The van der Waals surface area contributed by atoms with Crippen LogP contribution in [0.25, 0.3) is 10.9 Å². The average molecular weight is 446 g/mol. The Hall–Kier alpha value is -3.59. The second-order valence-corrected chi connectivity index (χ2v) is 8.85. The molecular weight excluding hydrogens is 418 g/mol. The van der Waals surface area contributed by atoms with E-state index in [0.29, 0.717) is 43.4 Å². The van der Waals surface area contributed by atoms with Crippen LogP contribution in [0.4, 0.5) is 5.82 Å². The fourth-order valence-corrected chi connectivity index (χ4v) is 4.43. The fourth-order valence-electron chi connectivity index (χ4n) is 4.43. The number of amides is 2. The maximum atomic E-state index is 13.4. The standard InChI is InChI=1S/C24H27N7O2/c1-15(2)21-23(32)28-20-14-31(24(33)16-7-9-25-10-8-16)12-11-30(20)13-19-26-18-6-4-3-5-17(18)22(27-19)29-21/h3-10,15,20-21H,11-14H2,1-2H3,(H,28,32)(H,26,27,29)/t20?,21-/m0/s1. The van der Waals surface area contributed by atoms with E-state index in [0.717, 1.165) is 10.9 Å². The molecule has 0 spiro atoms. The number of nitrogens with zero attached hydrogens (tertiary/aromatic N) is 5. The van der Waals surface area contributed by atoms with E-state index in [4.69, 9.17) is 9.97 Å². The van der Waals surface area contributed by atoms with Crippen LogP contribution in [0.1, 0.15) is 30.0 Å². The highest BCUT2D eigenvalue weighted by atomic mass is 16.2. The van der Waals surface area contributed by atoms with Crippen LogP contribution in [-0.4, -0.2) is 68.4 Å². The van der Waals surface area contributed by atoms with Crippen molar-refractivity contribution < 1.29 is 9.59 Å². The van der Waals surface area contributed by atoms with Gasteiger partial charge in [-0.15, -0.1) is 0 Å². The summed E-state index contributed by atoms with van der Waals surface area (Å²) in [5.41, 5.74) is 1.44. The molecule has 2 N–H and O–H groups in total. The first kappa shape index (κ1) is 21.3. The van der Waals surface area contributed by atoms with E-state index in [1.54, 1.807) is 29.4 Å². The number of benzene rings is 1. The molecule has 1 saturated heterocycles. The number of aromatic nitrogens is 3. The summed E-state index contributed by atoms with van der Waals surface area (Å²) in [6.07, 6.45) is 2.89. The lowest BCUT2D eigenvalue weighted by atomic mass is 10.0. The zero-order valence-corrected chi connectivity index (χ0v) is 18.7. The van der Waals surface area contributed by atoms with Crippen molar-refractivity contribution in [3.05, 3.63) is 60.2 Å². The highest BCUT2D eigenvalue weighted by Crippen LogP contribution is 2.25. The third kappa shape index (κ3) is 4.23. The zero-order chi connectivity index (χ0) is 22.9. The van der Waals surface area contributed by atoms with Gasteiger partial charge in [0.2, 0.25) is 5.91 Å². The van der Waals surface area contributed by atoms with Gasteiger partial charge in [0, 0.05) is 36.4 Å². The van der Waals surface area contributed by atoms with Gasteiger partial charge >= 0.3 is 0 Å². The second-order valence-electron chi connectivity index (χ2n) is 8.85. The lowest BCUT2D eigenvalue weighted by Crippen LogP contribution is -2.63. The molecule has 4 heterocycles. The van der Waals surface area contributed by atoms with Crippen LogP contribution in [0.2, 0.25) is 0 Å². The summed E-state index contributed by atoms with van der Waals surface area (Å²) in [5, 5.41) is 7.44. The monoisotopic (exact) mass is 445 g/mol. The van der Waals surface area contributed by atoms with Crippen molar-refractivity contribution in [3.8, 4) is 0 Å². The molecule has 0 saturated carbocycles. The minimum atomic E-state index is -0.470. The summed E-state index contributed by atoms with van der Waals surface area (Å²) < 4.78 is 0. The van der Waals surface area contributed by atoms with Crippen molar-refractivity contribution in [3.63, 3.8) is 0 Å². The summed E-state index contributed by atoms with van der Waals surface area (Å²) in [4.78, 5) is 43.9. The van der Waals surface area contributed by atoms with E-state index in [9.17, 15) is 9.59 Å². The number of rotatable bonds is 2. The number of hydrogen-bond donors (Lipinski definition) is 2. The van der Waals surface area contributed by atoms with Crippen LogP contribution in [0.15, 0.2) is 48.8 Å². The Balaban J connectivity index is 1.49. The molecule has 9 heteroatoms. The first-order valence-corrected chi connectivity index (χ1v) is 11.3. The number of carbonyl (C=O) groups is 2. The summed E-state index contributed by atoms with van der Waals surface area (Å²) in [5.74, 6) is 1.23. The van der Waals surface area contributed by atoms with Crippen LogP contribution in [0.5, 0.6) is 0 Å². The van der Waals surface area contributed by atoms with Gasteiger partial charge in [-0.1, -0.05) is 26.0 Å². The van der Waals surface area contributed by atoms with E-state index < -0.39 is 6.04 Å². The summed E-state index contributed by atoms with van der Waals surface area (Å²) in [6.45, 7) is 6.04. The molecular formula is C24H27N7O2. The van der Waals surface area contributed by atoms with Crippen LogP contribution in [0.3, 0.4) is 0 Å². The quantitative estimate of drug-likeness (QED) is 0.621. The van der Waals surface area contributed by atoms with Crippen LogP contribution >= 0.6 is 0 Å². The van der Waals surface area contributed by atoms with Crippen molar-refractivity contribution in [2.24, 2.45) is 5.92 Å². The van der Waals surface area contributed by atoms with Crippen LogP contribution in [0, 0.1) is 5.92 Å². The molecule has 1 unspecified atom stereocenters. The third-order valence-corrected chi connectivity index (χ3v) is 6.25. The van der Waals surface area contributed by atoms with Gasteiger partial charge in [0.1, 0.15) is 23.8 Å². The predicted octanol–water partition coefficient (Wildman–Crippen LogP) is 1.88. The number of carbonyl (C=O) groups excluding carboxylic acids is 2. The minimum Gasteiger partial charge on any atom is -0.358 e. The molecule has 170 valence electrons. The number of hydrogen-bond acceptors (Lipinski definition) is 7. The van der Waals surface area contributed by atoms with Crippen molar-refractivity contribution in [2.75, 3.05) is 25.0 Å². The molecule has 1 fully saturated rings. The number of fused-ring (bicyclic) bond motifs is 5. The number of para-hydroxylation sites is 1. The molecule has 2 amide bonds. The molecule has 2 aromatic heterocycles. The second kappa shape index (κ2) is 8.74. The summed E-state index contributed by atoms with van der Waals surface area (Å²) in [7, 11) is 0. The maximum absolute atomic E-state index is 13.4. The van der Waals surface area contributed by atoms with E-state index >= 15 is 0 Å². The molecule has 2 aliphatic rings. The summed E-state index contributed by atoms with van der Waals surface area (Å²) >= 11 is 0. The van der Waals surface area contributed by atoms with Crippen molar-refractivity contribution >= 4 is 28.5 Å². The van der Waals surface area contributed by atoms with Crippen LogP contribution in [-0.2, 0) is 11.3 Å². The molecule has 9 nitrogen and oxygen atoms in total. The van der Waals surface area contributed by atoms with Gasteiger partial charge in [-0.3, -0.25) is 19.5 Å². The first-order valence-electron chi connectivity index (χ1n) is 11.3. The van der Waals surface area contributed by atoms with Gasteiger partial charge in [0.05, 0.1) is 18.6 Å². The Morgan fingerprint density at radius 3 is 2.64 bits per heavy atom. The Morgan fingerprint density at radius 2 is 1.85 bits per heavy atom. The molecule has 0 radical (unpaired) electrons. The van der Waals surface area contributed by atoms with Gasteiger partial charge in [-0.2, -0.15) is 0 Å². The molecule has 2 atom stereocenters. The molecule has 3 aromatic rings. The number of piperazine rings is 1. The predicted molar refractivity (Wildman–Crippen MR) is 124 cm³/mol. The Kier molecular flexibility index (Phi) is 5.63. The van der Waals surface area contributed by atoms with Gasteiger partial charge in [-0.25, -0.2) is 9.97 Å². The highest BCUT2D eigenvalue weighted by molar-refractivity contribution is 5.94. The van der Waals surface area contributed by atoms with Crippen LogP contribution < -0.4 is 10.6 Å². The molecule has 2 bridgehead atoms. The Morgan fingerprint density at radius 1 is 1.06 bits per heavy atom.